The van der Waals surface area contributed by atoms with Crippen molar-refractivity contribution in [1.82, 2.24) is 0 Å². The minimum atomic E-state index is -0.0132. The summed E-state index contributed by atoms with van der Waals surface area (Å²) < 4.78 is 2.12. The van der Waals surface area contributed by atoms with Crippen molar-refractivity contribution in [2.45, 2.75) is 78.6 Å². The lowest BCUT2D eigenvalue weighted by Gasteiger charge is -2.34. The van der Waals surface area contributed by atoms with Crippen LogP contribution in [0.4, 0.5) is 5.69 Å². The maximum absolute atomic E-state index is 8.28. The zero-order valence-corrected chi connectivity index (χ0v) is 24.2. The van der Waals surface area contributed by atoms with Crippen molar-refractivity contribution in [2.24, 2.45) is 12.5 Å². The molecule has 0 spiro atoms. The maximum Gasteiger partial charge on any atom is 0.264 e. The highest BCUT2D eigenvalue weighted by molar-refractivity contribution is 5.97. The highest BCUT2D eigenvalue weighted by Gasteiger charge is 2.29. The Labute approximate surface area is 229 Å². The van der Waals surface area contributed by atoms with Gasteiger partial charge in [0.1, 0.15) is 7.05 Å². The van der Waals surface area contributed by atoms with Crippen LogP contribution in [0.3, 0.4) is 0 Å². The Kier molecular flexibility index (Phi) is 6.68. The van der Waals surface area contributed by atoms with E-state index in [4.69, 9.17) is 6.57 Å². The Hall–Kier alpha value is -3.44. The van der Waals surface area contributed by atoms with E-state index >= 15 is 0 Å². The van der Waals surface area contributed by atoms with Gasteiger partial charge in [-0.25, -0.2) is 9.41 Å². The number of rotatable bonds is 3. The number of fused-ring (bicyclic) bond motifs is 1. The molecular weight excluding hydrogens is 460 g/mol. The predicted octanol–water partition coefficient (Wildman–Crippen LogP) is 9.84. The Morgan fingerprint density at radius 1 is 0.895 bits per heavy atom. The molecule has 0 radical (unpaired) electrons. The first-order chi connectivity index (χ1) is 18.0. The van der Waals surface area contributed by atoms with Crippen LogP contribution in [0, 0.1) is 18.9 Å². The summed E-state index contributed by atoms with van der Waals surface area (Å²) in [6.45, 7) is 22.1. The van der Waals surface area contributed by atoms with E-state index in [1.165, 1.54) is 53.1 Å². The molecule has 4 aromatic rings. The summed E-state index contributed by atoms with van der Waals surface area (Å²) >= 11 is 0. The molecule has 0 unspecified atom stereocenters. The predicted molar refractivity (Wildman–Crippen MR) is 161 cm³/mol. The van der Waals surface area contributed by atoms with Gasteiger partial charge in [0.2, 0.25) is 5.69 Å². The van der Waals surface area contributed by atoms with Gasteiger partial charge in [-0.05, 0) is 94.5 Å². The Balaban J connectivity index is 1.63. The van der Waals surface area contributed by atoms with Gasteiger partial charge < -0.3 is 0 Å². The van der Waals surface area contributed by atoms with E-state index in [2.05, 4.69) is 125 Å². The molecule has 1 heterocycles. The van der Waals surface area contributed by atoms with E-state index in [1.807, 2.05) is 0 Å². The van der Waals surface area contributed by atoms with Crippen LogP contribution in [0.25, 0.3) is 38.0 Å². The molecule has 0 atom stereocenters. The van der Waals surface area contributed by atoms with Gasteiger partial charge in [-0.15, -0.1) is 0 Å². The number of nitrogens with zero attached hydrogens (tertiary/aromatic N) is 2. The minimum absolute atomic E-state index is 0.0132. The standard InChI is InChI=1S/C36H41N2/c1-24-28-11-9-10-12-30(28)32(35(2,3)4)23-31(24)34-33(37-7)29(19-22-38(34)8)27-15-13-25(14-16-27)26-17-20-36(5,6)21-18-26/h9-16,19,22-23,26H,17-18,20-21H2,1-6,8H3/q+1. The van der Waals surface area contributed by atoms with Crippen LogP contribution in [-0.4, -0.2) is 0 Å². The van der Waals surface area contributed by atoms with E-state index in [-0.39, 0.29) is 5.41 Å². The molecule has 194 valence electrons. The first-order valence-electron chi connectivity index (χ1n) is 14.0. The van der Waals surface area contributed by atoms with E-state index in [0.29, 0.717) is 11.3 Å². The summed E-state index contributed by atoms with van der Waals surface area (Å²) in [7, 11) is 2.06. The van der Waals surface area contributed by atoms with Crippen molar-refractivity contribution in [1.29, 1.82) is 0 Å². The van der Waals surface area contributed by atoms with Crippen molar-refractivity contribution in [3.05, 3.63) is 95.0 Å². The molecular formula is C36H41N2+. The Bertz CT molecular complexity index is 1530. The lowest BCUT2D eigenvalue weighted by Crippen LogP contribution is -2.31. The number of benzene rings is 3. The second kappa shape index (κ2) is 9.70. The van der Waals surface area contributed by atoms with Crippen molar-refractivity contribution >= 4 is 16.5 Å². The molecule has 1 aliphatic rings. The molecule has 2 nitrogen and oxygen atoms in total. The number of pyridine rings is 1. The summed E-state index contributed by atoms with van der Waals surface area (Å²) in [5, 5.41) is 2.56. The van der Waals surface area contributed by atoms with E-state index < -0.39 is 0 Å². The zero-order valence-electron chi connectivity index (χ0n) is 24.2. The molecule has 5 rings (SSSR count). The maximum atomic E-state index is 8.28. The van der Waals surface area contributed by atoms with Crippen molar-refractivity contribution in [3.8, 4) is 22.4 Å². The minimum Gasteiger partial charge on any atom is -0.230 e. The van der Waals surface area contributed by atoms with Gasteiger partial charge in [0.15, 0.2) is 6.20 Å². The zero-order chi connectivity index (χ0) is 27.2. The van der Waals surface area contributed by atoms with E-state index in [1.54, 1.807) is 0 Å². The van der Waals surface area contributed by atoms with Gasteiger partial charge in [-0.3, -0.25) is 0 Å². The van der Waals surface area contributed by atoms with Crippen LogP contribution >= 0.6 is 0 Å². The Morgan fingerprint density at radius 2 is 1.53 bits per heavy atom. The average molecular weight is 502 g/mol. The lowest BCUT2D eigenvalue weighted by molar-refractivity contribution is -0.659. The molecule has 1 saturated carbocycles. The molecule has 0 amide bonds. The van der Waals surface area contributed by atoms with Crippen molar-refractivity contribution in [2.75, 3.05) is 0 Å². The first kappa shape index (κ1) is 26.2. The fraction of sp³-hybridized carbons (Fsp3) is 0.389. The monoisotopic (exact) mass is 501 g/mol. The van der Waals surface area contributed by atoms with Crippen LogP contribution in [-0.2, 0) is 12.5 Å². The highest BCUT2D eigenvalue weighted by Crippen LogP contribution is 2.44. The molecule has 1 fully saturated rings. The van der Waals surface area contributed by atoms with Crippen LogP contribution in [0.2, 0.25) is 0 Å². The molecule has 0 N–H and O–H groups in total. The lowest BCUT2D eigenvalue weighted by atomic mass is 9.71. The topological polar surface area (TPSA) is 8.24 Å². The molecule has 1 aromatic heterocycles. The van der Waals surface area contributed by atoms with Gasteiger partial charge in [-0.2, -0.15) is 0 Å². The third-order valence-corrected chi connectivity index (χ3v) is 8.82. The summed E-state index contributed by atoms with van der Waals surface area (Å²) in [6, 6.07) is 22.2. The fourth-order valence-electron chi connectivity index (χ4n) is 6.35. The van der Waals surface area contributed by atoms with Crippen LogP contribution in [0.15, 0.2) is 66.9 Å². The van der Waals surface area contributed by atoms with E-state index in [9.17, 15) is 0 Å². The third kappa shape index (κ3) is 4.76. The molecule has 2 heteroatoms. The molecule has 3 aromatic carbocycles. The number of aromatic nitrogens is 1. The normalized spacial score (nSPS) is 15.9. The van der Waals surface area contributed by atoms with Gasteiger partial charge >= 0.3 is 0 Å². The summed E-state index contributed by atoms with van der Waals surface area (Å²) in [4.78, 5) is 4.15. The van der Waals surface area contributed by atoms with Crippen molar-refractivity contribution < 1.29 is 4.57 Å². The molecule has 0 saturated heterocycles. The van der Waals surface area contributed by atoms with Gasteiger partial charge in [0.25, 0.3) is 5.69 Å². The molecule has 38 heavy (non-hydrogen) atoms. The highest BCUT2D eigenvalue weighted by atomic mass is 14.9. The fourth-order valence-corrected chi connectivity index (χ4v) is 6.35. The number of hydrogen-bond acceptors (Lipinski definition) is 0. The summed E-state index contributed by atoms with van der Waals surface area (Å²) in [5.74, 6) is 0.651. The van der Waals surface area contributed by atoms with Gasteiger partial charge in [0.05, 0.1) is 6.57 Å². The van der Waals surface area contributed by atoms with Crippen molar-refractivity contribution in [3.63, 3.8) is 0 Å². The second-order valence-electron chi connectivity index (χ2n) is 13.1. The van der Waals surface area contributed by atoms with Gasteiger partial charge in [0, 0.05) is 11.1 Å². The molecule has 0 bridgehead atoms. The Morgan fingerprint density at radius 3 is 2.13 bits per heavy atom. The quantitative estimate of drug-likeness (QED) is 0.195. The second-order valence-corrected chi connectivity index (χ2v) is 13.1. The van der Waals surface area contributed by atoms with Crippen LogP contribution < -0.4 is 4.57 Å². The van der Waals surface area contributed by atoms with Crippen LogP contribution in [0.1, 0.15) is 82.9 Å². The van der Waals surface area contributed by atoms with Crippen LogP contribution in [0.5, 0.6) is 0 Å². The number of aryl methyl sites for hydroxylation is 2. The molecule has 1 aliphatic carbocycles. The number of hydrogen-bond donors (Lipinski definition) is 0. The molecule has 0 aliphatic heterocycles. The smallest absolute Gasteiger partial charge is 0.230 e. The van der Waals surface area contributed by atoms with Gasteiger partial charge in [-0.1, -0.05) is 83.1 Å². The largest absolute Gasteiger partial charge is 0.264 e. The van der Waals surface area contributed by atoms with E-state index in [0.717, 1.165) is 28.1 Å². The summed E-state index contributed by atoms with van der Waals surface area (Å²) in [5.41, 5.74) is 9.43. The average Bonchev–Trinajstić information content (AvgIpc) is 2.88. The summed E-state index contributed by atoms with van der Waals surface area (Å²) in [6.07, 6.45) is 7.23. The third-order valence-electron chi connectivity index (χ3n) is 8.82. The SMILES string of the molecule is [C-]#[N+]c1c(-c2ccc(C3CCC(C)(C)CC3)cc2)cc[n+](C)c1-c1cc(C(C)(C)C)c2ccccc2c1C. The first-order valence-corrected chi connectivity index (χ1v) is 14.0.